The van der Waals surface area contributed by atoms with Crippen molar-refractivity contribution in [3.63, 3.8) is 0 Å². The van der Waals surface area contributed by atoms with Crippen LogP contribution in [-0.2, 0) is 9.59 Å². The predicted octanol–water partition coefficient (Wildman–Crippen LogP) is 0.701. The molecule has 2 aliphatic heterocycles. The maximum Gasteiger partial charge on any atom is 0.353 e. The summed E-state index contributed by atoms with van der Waals surface area (Å²) >= 11 is 1.31. The Morgan fingerprint density at radius 1 is 1.50 bits per heavy atom. The van der Waals surface area contributed by atoms with Gasteiger partial charge in [-0.2, -0.15) is 0 Å². The van der Waals surface area contributed by atoms with Crippen molar-refractivity contribution in [2.45, 2.75) is 5.37 Å². The largest absolute Gasteiger partial charge is 0.477 e. The van der Waals surface area contributed by atoms with Gasteiger partial charge in [0.2, 0.25) is 0 Å². The van der Waals surface area contributed by atoms with Crippen molar-refractivity contribution in [1.29, 1.82) is 0 Å². The van der Waals surface area contributed by atoms with Crippen molar-refractivity contribution < 1.29 is 14.7 Å². The van der Waals surface area contributed by atoms with E-state index in [-0.39, 0.29) is 17.0 Å². The van der Waals surface area contributed by atoms with E-state index >= 15 is 0 Å². The number of carbonyl (C=O) groups excluding carboxylic acids is 1. The summed E-state index contributed by atoms with van der Waals surface area (Å²) in [5.41, 5.74) is 1.17. The number of carboxylic acid groups (broad SMARTS) is 1. The summed E-state index contributed by atoms with van der Waals surface area (Å²) in [5, 5.41) is 10.2. The molecule has 0 aromatic carbocycles. The lowest BCUT2D eigenvalue weighted by Gasteiger charge is -2.37. The predicted molar refractivity (Wildman–Crippen MR) is 64.0 cm³/mol. The molecular weight excluding hydrogens is 254 g/mol. The fraction of sp³-hybridized carbons (Fsp3) is 0.0909. The molecule has 1 fully saturated rings. The number of β-lactam (4-membered cyclic amide) rings is 1. The Bertz CT molecular complexity index is 597. The zero-order chi connectivity index (χ0) is 12.7. The van der Waals surface area contributed by atoms with Crippen LogP contribution in [-0.4, -0.2) is 37.2 Å². The summed E-state index contributed by atoms with van der Waals surface area (Å²) in [7, 11) is 0. The highest BCUT2D eigenvalue weighted by Crippen LogP contribution is 2.44. The van der Waals surface area contributed by atoms with Crippen LogP contribution in [0.5, 0.6) is 0 Å². The van der Waals surface area contributed by atoms with Gasteiger partial charge in [0.15, 0.2) is 0 Å². The second kappa shape index (κ2) is 3.95. The Morgan fingerprint density at radius 2 is 2.33 bits per heavy atom. The summed E-state index contributed by atoms with van der Waals surface area (Å²) in [5.74, 6) is -1.37. The monoisotopic (exact) mass is 261 g/mol. The van der Waals surface area contributed by atoms with Gasteiger partial charge in [0.05, 0.1) is 17.5 Å². The van der Waals surface area contributed by atoms with E-state index in [2.05, 4.69) is 9.97 Å². The molecule has 0 bridgehead atoms. The highest BCUT2D eigenvalue weighted by Gasteiger charge is 2.49. The van der Waals surface area contributed by atoms with E-state index in [9.17, 15) is 9.59 Å². The van der Waals surface area contributed by atoms with E-state index in [4.69, 9.17) is 5.11 Å². The number of carbonyl (C=O) groups is 2. The number of aliphatic carboxylic acids is 1. The molecule has 6 nitrogen and oxygen atoms in total. The number of nitrogens with zero attached hydrogens (tertiary/aromatic N) is 3. The quantitative estimate of drug-likeness (QED) is 0.623. The summed E-state index contributed by atoms with van der Waals surface area (Å²) in [6, 6.07) is 0. The SMILES string of the molecule is O=C(O)C1=CSC2/C(=C\c3cnccn3)C(=O)N12. The average Bonchev–Trinajstić information content (AvgIpc) is 2.77. The van der Waals surface area contributed by atoms with Crippen molar-refractivity contribution >= 4 is 29.7 Å². The van der Waals surface area contributed by atoms with Gasteiger partial charge in [-0.15, -0.1) is 11.8 Å². The van der Waals surface area contributed by atoms with E-state index in [0.717, 1.165) is 0 Å². The summed E-state index contributed by atoms with van der Waals surface area (Å²) in [6.07, 6.45) is 6.28. The second-order valence-corrected chi connectivity index (χ2v) is 4.66. The molecule has 1 unspecified atom stereocenters. The van der Waals surface area contributed by atoms with Gasteiger partial charge >= 0.3 is 5.97 Å². The van der Waals surface area contributed by atoms with Gasteiger partial charge in [-0.25, -0.2) is 4.79 Å². The first-order chi connectivity index (χ1) is 8.68. The molecule has 3 rings (SSSR count). The van der Waals surface area contributed by atoms with Crippen LogP contribution in [0.3, 0.4) is 0 Å². The van der Waals surface area contributed by atoms with Crippen molar-refractivity contribution in [1.82, 2.24) is 14.9 Å². The van der Waals surface area contributed by atoms with Crippen molar-refractivity contribution in [3.05, 3.63) is 41.0 Å². The van der Waals surface area contributed by atoms with E-state index in [1.807, 2.05) is 0 Å². The molecular formula is C11H7N3O3S. The van der Waals surface area contributed by atoms with Gasteiger partial charge in [0.1, 0.15) is 11.1 Å². The molecule has 0 aliphatic carbocycles. The lowest BCUT2D eigenvalue weighted by molar-refractivity contribution is -0.141. The van der Waals surface area contributed by atoms with Crippen LogP contribution in [0.25, 0.3) is 6.08 Å². The Balaban J connectivity index is 1.87. The highest BCUT2D eigenvalue weighted by atomic mass is 32.2. The molecule has 18 heavy (non-hydrogen) atoms. The number of thioether (sulfide) groups is 1. The van der Waals surface area contributed by atoms with Crippen molar-refractivity contribution in [3.8, 4) is 0 Å². The van der Waals surface area contributed by atoms with Crippen molar-refractivity contribution in [2.24, 2.45) is 0 Å². The third-order valence-electron chi connectivity index (χ3n) is 2.64. The van der Waals surface area contributed by atoms with Crippen molar-refractivity contribution in [2.75, 3.05) is 0 Å². The van der Waals surface area contributed by atoms with E-state index in [0.29, 0.717) is 11.3 Å². The minimum Gasteiger partial charge on any atom is -0.477 e. The average molecular weight is 261 g/mol. The van der Waals surface area contributed by atoms with Crippen LogP contribution in [0, 0.1) is 0 Å². The van der Waals surface area contributed by atoms with Crippen LogP contribution in [0.4, 0.5) is 0 Å². The Hall–Kier alpha value is -2.15. The topological polar surface area (TPSA) is 83.4 Å². The van der Waals surface area contributed by atoms with Gasteiger partial charge in [-0.05, 0) is 6.08 Å². The minimum atomic E-state index is -1.09. The van der Waals surface area contributed by atoms with Crippen LogP contribution < -0.4 is 0 Å². The third-order valence-corrected chi connectivity index (χ3v) is 3.72. The standard InChI is InChI=1S/C11H7N3O3S/c15-9-7(3-6-4-12-1-2-13-6)10-14(9)8(5-18-10)11(16)17/h1-5,10H,(H,16,17)/b7-3-. The van der Waals surface area contributed by atoms with Gasteiger partial charge in [0, 0.05) is 17.8 Å². The fourth-order valence-corrected chi connectivity index (χ4v) is 2.93. The number of hydrogen-bond donors (Lipinski definition) is 1. The molecule has 0 spiro atoms. The van der Waals surface area contributed by atoms with Gasteiger partial charge < -0.3 is 5.11 Å². The zero-order valence-electron chi connectivity index (χ0n) is 8.98. The molecule has 1 aromatic rings. The molecule has 1 aromatic heterocycles. The molecule has 90 valence electrons. The molecule has 2 aliphatic rings. The molecule has 1 N–H and O–H groups in total. The Kier molecular flexibility index (Phi) is 2.41. The van der Waals surface area contributed by atoms with E-state index in [1.54, 1.807) is 18.5 Å². The maximum absolute atomic E-state index is 11.9. The lowest BCUT2D eigenvalue weighted by atomic mass is 10.0. The van der Waals surface area contributed by atoms with Crippen LogP contribution in [0.15, 0.2) is 35.3 Å². The van der Waals surface area contributed by atoms with E-state index < -0.39 is 5.97 Å². The first-order valence-corrected chi connectivity index (χ1v) is 6.03. The van der Waals surface area contributed by atoms with Gasteiger partial charge in [-0.3, -0.25) is 19.7 Å². The first kappa shape index (κ1) is 11.0. The molecule has 1 saturated heterocycles. The van der Waals surface area contributed by atoms with Gasteiger partial charge in [-0.1, -0.05) is 0 Å². The van der Waals surface area contributed by atoms with Crippen LogP contribution >= 0.6 is 11.8 Å². The number of rotatable bonds is 2. The van der Waals surface area contributed by atoms with Crippen LogP contribution in [0.2, 0.25) is 0 Å². The molecule has 0 saturated carbocycles. The van der Waals surface area contributed by atoms with E-state index in [1.165, 1.54) is 28.3 Å². The number of fused-ring (bicyclic) bond motifs is 1. The second-order valence-electron chi connectivity index (χ2n) is 3.70. The highest BCUT2D eigenvalue weighted by molar-refractivity contribution is 8.03. The third kappa shape index (κ3) is 1.52. The number of aromatic nitrogens is 2. The van der Waals surface area contributed by atoms with Crippen LogP contribution in [0.1, 0.15) is 5.69 Å². The summed E-state index contributed by atoms with van der Waals surface area (Å²) in [4.78, 5) is 32.0. The molecule has 3 heterocycles. The van der Waals surface area contributed by atoms with Gasteiger partial charge in [0.25, 0.3) is 5.91 Å². The molecule has 7 heteroatoms. The summed E-state index contributed by atoms with van der Waals surface area (Å²) < 4.78 is 0. The fourth-order valence-electron chi connectivity index (χ4n) is 1.81. The maximum atomic E-state index is 11.9. The zero-order valence-corrected chi connectivity index (χ0v) is 9.79. The first-order valence-electron chi connectivity index (χ1n) is 5.08. The molecule has 0 radical (unpaired) electrons. The smallest absolute Gasteiger partial charge is 0.353 e. The Morgan fingerprint density at radius 3 is 3.00 bits per heavy atom. The minimum absolute atomic E-state index is 0.0336. The molecule has 1 amide bonds. The normalized spacial score (nSPS) is 23.7. The summed E-state index contributed by atoms with van der Waals surface area (Å²) in [6.45, 7) is 0. The number of amides is 1. The Labute approximate surface area is 106 Å². The number of hydrogen-bond acceptors (Lipinski definition) is 5. The molecule has 1 atom stereocenters. The lowest BCUT2D eigenvalue weighted by Crippen LogP contribution is -2.51. The number of carboxylic acids is 1.